The van der Waals surface area contributed by atoms with Crippen molar-refractivity contribution in [2.75, 3.05) is 0 Å². The molecule has 150 valence electrons. The third kappa shape index (κ3) is 4.53. The van der Waals surface area contributed by atoms with Crippen LogP contribution in [-0.2, 0) is 17.5 Å². The lowest BCUT2D eigenvalue weighted by Gasteiger charge is -2.16. The van der Waals surface area contributed by atoms with E-state index in [1.807, 2.05) is 19.1 Å². The molecule has 0 aliphatic carbocycles. The molecular formula is C21H17F3N2O3. The Morgan fingerprint density at radius 1 is 1.07 bits per heavy atom. The predicted molar refractivity (Wildman–Crippen MR) is 99.9 cm³/mol. The van der Waals surface area contributed by atoms with Crippen LogP contribution in [0.25, 0.3) is 5.69 Å². The van der Waals surface area contributed by atoms with Crippen LogP contribution in [0.4, 0.5) is 13.2 Å². The lowest BCUT2D eigenvalue weighted by atomic mass is 10.1. The van der Waals surface area contributed by atoms with E-state index in [9.17, 15) is 22.8 Å². The second-order valence-electron chi connectivity index (χ2n) is 6.49. The van der Waals surface area contributed by atoms with Crippen LogP contribution in [-0.4, -0.2) is 15.7 Å². The molecule has 1 heterocycles. The van der Waals surface area contributed by atoms with E-state index in [0.29, 0.717) is 5.56 Å². The van der Waals surface area contributed by atoms with Gasteiger partial charge in [-0.05, 0) is 31.5 Å². The highest BCUT2D eigenvalue weighted by molar-refractivity contribution is 5.87. The van der Waals surface area contributed by atoms with E-state index in [-0.39, 0.29) is 18.0 Å². The number of aryl methyl sites for hydroxylation is 2. The molecule has 0 fully saturated rings. The van der Waals surface area contributed by atoms with Crippen molar-refractivity contribution in [3.8, 4) is 5.69 Å². The number of benzene rings is 2. The molecule has 3 rings (SSSR count). The van der Waals surface area contributed by atoms with Crippen molar-refractivity contribution in [3.05, 3.63) is 92.9 Å². The highest BCUT2D eigenvalue weighted by Gasteiger charge is 2.34. The maximum Gasteiger partial charge on any atom is 0.418 e. The topological polar surface area (TPSA) is 61.2 Å². The Bertz CT molecular complexity index is 1100. The van der Waals surface area contributed by atoms with Gasteiger partial charge >= 0.3 is 12.1 Å². The van der Waals surface area contributed by atoms with E-state index in [1.54, 1.807) is 12.1 Å². The molecule has 0 radical (unpaired) electrons. The van der Waals surface area contributed by atoms with Gasteiger partial charge in [-0.3, -0.25) is 4.79 Å². The van der Waals surface area contributed by atoms with E-state index in [0.717, 1.165) is 22.4 Å². The van der Waals surface area contributed by atoms with Crippen LogP contribution in [0.1, 0.15) is 32.9 Å². The van der Waals surface area contributed by atoms with Gasteiger partial charge in [-0.15, -0.1) is 0 Å². The first-order valence-corrected chi connectivity index (χ1v) is 8.67. The van der Waals surface area contributed by atoms with Crippen LogP contribution in [0.2, 0.25) is 0 Å². The zero-order chi connectivity index (χ0) is 21.2. The van der Waals surface area contributed by atoms with Crippen molar-refractivity contribution in [2.24, 2.45) is 0 Å². The Morgan fingerprint density at radius 2 is 1.72 bits per heavy atom. The van der Waals surface area contributed by atoms with Gasteiger partial charge < -0.3 is 4.74 Å². The Balaban J connectivity index is 1.95. The summed E-state index contributed by atoms with van der Waals surface area (Å²) in [5.41, 5.74) is -0.632. The van der Waals surface area contributed by atoms with Crippen molar-refractivity contribution >= 4 is 5.97 Å². The zero-order valence-corrected chi connectivity index (χ0v) is 15.7. The summed E-state index contributed by atoms with van der Waals surface area (Å²) in [4.78, 5) is 24.6. The molecule has 0 unspecified atom stereocenters. The highest BCUT2D eigenvalue weighted by atomic mass is 19.4. The molecule has 0 spiro atoms. The minimum atomic E-state index is -4.63. The van der Waals surface area contributed by atoms with Gasteiger partial charge in [0.2, 0.25) is 11.1 Å². The molecule has 0 aliphatic heterocycles. The van der Waals surface area contributed by atoms with Gasteiger partial charge in [0, 0.05) is 11.8 Å². The third-order valence-corrected chi connectivity index (χ3v) is 4.23. The maximum atomic E-state index is 13.3. The summed E-state index contributed by atoms with van der Waals surface area (Å²) in [5.74, 6) is -1.01. The lowest BCUT2D eigenvalue weighted by molar-refractivity contribution is -0.137. The highest BCUT2D eigenvalue weighted by Crippen LogP contribution is 2.33. The van der Waals surface area contributed by atoms with Crippen molar-refractivity contribution in [1.82, 2.24) is 9.78 Å². The SMILES string of the molecule is Cc1ccc(COC(=O)c2nn(-c3ccccc3C(F)(F)F)c(C)cc2=O)cc1. The summed E-state index contributed by atoms with van der Waals surface area (Å²) >= 11 is 0. The number of nitrogens with zero attached hydrogens (tertiary/aromatic N) is 2. The average molecular weight is 402 g/mol. The van der Waals surface area contributed by atoms with Crippen LogP contribution in [0.5, 0.6) is 0 Å². The zero-order valence-electron chi connectivity index (χ0n) is 15.7. The van der Waals surface area contributed by atoms with Gasteiger partial charge in [-0.1, -0.05) is 42.0 Å². The molecular weight excluding hydrogens is 385 g/mol. The quantitative estimate of drug-likeness (QED) is 0.613. The fourth-order valence-electron chi connectivity index (χ4n) is 2.73. The standard InChI is InChI=1S/C21H17F3N2O3/c1-13-7-9-15(10-8-13)12-29-20(28)19-18(27)11-14(2)26(25-19)17-6-4-3-5-16(17)21(22,23)24/h3-11H,12H2,1-2H3. The number of hydrogen-bond donors (Lipinski definition) is 0. The molecule has 0 bridgehead atoms. The van der Waals surface area contributed by atoms with Crippen LogP contribution < -0.4 is 5.43 Å². The number of ether oxygens (including phenoxy) is 1. The second kappa shape index (κ2) is 7.90. The number of esters is 1. The molecule has 5 nitrogen and oxygen atoms in total. The lowest BCUT2D eigenvalue weighted by Crippen LogP contribution is -2.25. The van der Waals surface area contributed by atoms with Gasteiger partial charge in [0.1, 0.15) is 6.61 Å². The predicted octanol–water partition coefficient (Wildman–Crippen LogP) is 4.23. The first kappa shape index (κ1) is 20.3. The molecule has 0 saturated heterocycles. The van der Waals surface area contributed by atoms with Crippen molar-refractivity contribution in [3.63, 3.8) is 0 Å². The normalized spacial score (nSPS) is 11.3. The summed E-state index contributed by atoms with van der Waals surface area (Å²) in [6.07, 6.45) is -4.63. The minimum Gasteiger partial charge on any atom is -0.456 e. The number of carbonyl (C=O) groups is 1. The number of alkyl halides is 3. The summed E-state index contributed by atoms with van der Waals surface area (Å²) in [7, 11) is 0. The molecule has 29 heavy (non-hydrogen) atoms. The van der Waals surface area contributed by atoms with Gasteiger partial charge in [0.05, 0.1) is 11.3 Å². The number of rotatable bonds is 4. The fourth-order valence-corrected chi connectivity index (χ4v) is 2.73. The monoisotopic (exact) mass is 402 g/mol. The summed E-state index contributed by atoms with van der Waals surface area (Å²) in [6, 6.07) is 13.1. The summed E-state index contributed by atoms with van der Waals surface area (Å²) in [5, 5.41) is 3.87. The number of hydrogen-bond acceptors (Lipinski definition) is 4. The number of halogens is 3. The second-order valence-corrected chi connectivity index (χ2v) is 6.49. The summed E-state index contributed by atoms with van der Waals surface area (Å²) < 4.78 is 46.1. The van der Waals surface area contributed by atoms with E-state index < -0.39 is 28.8 Å². The first-order valence-electron chi connectivity index (χ1n) is 8.67. The molecule has 0 atom stereocenters. The molecule has 1 aromatic heterocycles. The number of para-hydroxylation sites is 1. The Hall–Kier alpha value is -3.42. The van der Waals surface area contributed by atoms with Gasteiger partial charge in [-0.25, -0.2) is 9.48 Å². The van der Waals surface area contributed by atoms with Gasteiger partial charge in [0.15, 0.2) is 0 Å². The maximum absolute atomic E-state index is 13.3. The molecule has 0 N–H and O–H groups in total. The van der Waals surface area contributed by atoms with Gasteiger partial charge in [0.25, 0.3) is 0 Å². The number of carbonyl (C=O) groups excluding carboxylic acids is 1. The molecule has 0 aliphatic rings. The molecule has 3 aromatic rings. The van der Waals surface area contributed by atoms with Crippen molar-refractivity contribution in [2.45, 2.75) is 26.6 Å². The third-order valence-electron chi connectivity index (χ3n) is 4.23. The largest absolute Gasteiger partial charge is 0.456 e. The van der Waals surface area contributed by atoms with E-state index in [2.05, 4.69) is 5.10 Å². The Labute approximate surface area is 164 Å². The van der Waals surface area contributed by atoms with E-state index in [4.69, 9.17) is 4.74 Å². The molecule has 2 aromatic carbocycles. The van der Waals surface area contributed by atoms with Gasteiger partial charge in [-0.2, -0.15) is 18.3 Å². The van der Waals surface area contributed by atoms with Crippen molar-refractivity contribution in [1.29, 1.82) is 0 Å². The van der Waals surface area contributed by atoms with Crippen LogP contribution in [0, 0.1) is 13.8 Å². The first-order chi connectivity index (χ1) is 13.7. The van der Waals surface area contributed by atoms with E-state index in [1.165, 1.54) is 25.1 Å². The smallest absolute Gasteiger partial charge is 0.418 e. The minimum absolute atomic E-state index is 0.0900. The van der Waals surface area contributed by atoms with E-state index >= 15 is 0 Å². The van der Waals surface area contributed by atoms with Crippen LogP contribution in [0.3, 0.4) is 0 Å². The van der Waals surface area contributed by atoms with Crippen LogP contribution in [0.15, 0.2) is 59.4 Å². The Morgan fingerprint density at radius 3 is 2.38 bits per heavy atom. The molecule has 8 heteroatoms. The average Bonchev–Trinajstić information content (AvgIpc) is 2.67. The Kier molecular flexibility index (Phi) is 5.54. The fraction of sp³-hybridized carbons (Fsp3) is 0.190. The number of aromatic nitrogens is 2. The van der Waals surface area contributed by atoms with Crippen molar-refractivity contribution < 1.29 is 22.7 Å². The molecule has 0 amide bonds. The molecule has 0 saturated carbocycles. The summed E-state index contributed by atoms with van der Waals surface area (Å²) in [6.45, 7) is 3.25. The van der Waals surface area contributed by atoms with Crippen LogP contribution >= 0.6 is 0 Å².